The summed E-state index contributed by atoms with van der Waals surface area (Å²) in [6.07, 6.45) is 5.49. The summed E-state index contributed by atoms with van der Waals surface area (Å²) in [4.78, 5) is 41.1. The quantitative estimate of drug-likeness (QED) is 0.175. The van der Waals surface area contributed by atoms with Crippen molar-refractivity contribution in [1.29, 1.82) is 0 Å². The lowest BCUT2D eigenvalue weighted by Crippen LogP contribution is -2.38. The Kier molecular flexibility index (Phi) is 10.3. The Morgan fingerprint density at radius 3 is 2.45 bits per heavy atom. The number of carbonyl (C=O) groups excluding carboxylic acids is 3. The van der Waals surface area contributed by atoms with Crippen molar-refractivity contribution in [2.24, 2.45) is 10.7 Å². The molecule has 244 valence electrons. The third-order valence-corrected chi connectivity index (χ3v) is 9.47. The standard InChI is InChI=1S/C19H18ClN5OS.C15H16FNO3/c1-9-10(2)27-19-16(9)17(12-4-6-13(20)7-5-12)22-14(8-15(21)26)18-24-23-11(3)25(18)19;1-20-14-7-5-10(9-12(14)16)13(18)6-8-15(19)17-11-3-2-4-11/h4-7,14H,8H2,1-3H3,(H2,21,26);5-9,11H,2-4H2,1H3,(H,17,19)/b;8-6+. The first kappa shape index (κ1) is 33.7. The number of nitrogens with one attached hydrogen (secondary N) is 1. The molecule has 1 saturated carbocycles. The number of allylic oxidation sites excluding steroid dienone is 1. The van der Waals surface area contributed by atoms with Crippen molar-refractivity contribution < 1.29 is 23.5 Å². The van der Waals surface area contributed by atoms with Crippen LogP contribution in [0.15, 0.2) is 59.6 Å². The Bertz CT molecular complexity index is 1890. The van der Waals surface area contributed by atoms with Crippen LogP contribution in [0.2, 0.25) is 5.02 Å². The fourth-order valence-electron chi connectivity index (χ4n) is 5.19. The molecule has 1 aliphatic carbocycles. The number of nitrogens with zero attached hydrogens (tertiary/aromatic N) is 4. The second-order valence-corrected chi connectivity index (χ2v) is 12.9. The minimum atomic E-state index is -0.606. The molecule has 2 aromatic heterocycles. The van der Waals surface area contributed by atoms with Crippen LogP contribution in [-0.2, 0) is 9.59 Å². The summed E-state index contributed by atoms with van der Waals surface area (Å²) in [7, 11) is 1.35. The van der Waals surface area contributed by atoms with Crippen LogP contribution >= 0.6 is 22.9 Å². The van der Waals surface area contributed by atoms with Gasteiger partial charge in [0.25, 0.3) is 0 Å². The van der Waals surface area contributed by atoms with Gasteiger partial charge < -0.3 is 15.8 Å². The number of hydrogen-bond donors (Lipinski definition) is 2. The van der Waals surface area contributed by atoms with E-state index in [0.29, 0.717) is 10.8 Å². The van der Waals surface area contributed by atoms with E-state index in [1.165, 1.54) is 30.2 Å². The van der Waals surface area contributed by atoms with E-state index < -0.39 is 23.5 Å². The van der Waals surface area contributed by atoms with Crippen LogP contribution in [0.3, 0.4) is 0 Å². The zero-order chi connectivity index (χ0) is 33.8. The van der Waals surface area contributed by atoms with Crippen LogP contribution < -0.4 is 15.8 Å². The smallest absolute Gasteiger partial charge is 0.244 e. The number of methoxy groups -OCH3 is 1. The number of aromatic nitrogens is 3. The number of fused-ring (bicyclic) bond motifs is 3. The second-order valence-electron chi connectivity index (χ2n) is 11.3. The number of benzene rings is 2. The lowest BCUT2D eigenvalue weighted by molar-refractivity contribution is -0.118. The molecule has 3 N–H and O–H groups in total. The molecule has 0 radical (unpaired) electrons. The van der Waals surface area contributed by atoms with Crippen LogP contribution in [-0.4, -0.2) is 51.2 Å². The first-order chi connectivity index (χ1) is 22.5. The van der Waals surface area contributed by atoms with E-state index in [1.807, 2.05) is 35.8 Å². The summed E-state index contributed by atoms with van der Waals surface area (Å²) < 4.78 is 20.2. The topological polar surface area (TPSA) is 142 Å². The molecule has 1 atom stereocenters. The van der Waals surface area contributed by atoms with Gasteiger partial charge in [0.05, 0.1) is 19.2 Å². The van der Waals surface area contributed by atoms with Crippen LogP contribution in [0.1, 0.15) is 75.3 Å². The molecule has 13 heteroatoms. The van der Waals surface area contributed by atoms with Gasteiger partial charge >= 0.3 is 0 Å². The summed E-state index contributed by atoms with van der Waals surface area (Å²) in [5.74, 6) is -0.275. The molecule has 6 rings (SSSR count). The molecule has 2 amide bonds. The fraction of sp³-hybridized carbons (Fsp3) is 0.294. The highest BCUT2D eigenvalue weighted by Gasteiger charge is 2.32. The van der Waals surface area contributed by atoms with Crippen molar-refractivity contribution in [3.63, 3.8) is 0 Å². The molecule has 1 fully saturated rings. The molecule has 3 heterocycles. The van der Waals surface area contributed by atoms with E-state index in [4.69, 9.17) is 27.1 Å². The van der Waals surface area contributed by atoms with Crippen LogP contribution in [0.4, 0.5) is 4.39 Å². The maximum atomic E-state index is 13.5. The number of primary amides is 1. The van der Waals surface area contributed by atoms with Crippen molar-refractivity contribution in [3.05, 3.63) is 104 Å². The van der Waals surface area contributed by atoms with Gasteiger partial charge in [-0.1, -0.05) is 23.7 Å². The molecule has 2 aliphatic rings. The lowest BCUT2D eigenvalue weighted by Gasteiger charge is -2.25. The van der Waals surface area contributed by atoms with Gasteiger partial charge in [-0.2, -0.15) is 0 Å². The van der Waals surface area contributed by atoms with Crippen LogP contribution in [0, 0.1) is 26.6 Å². The summed E-state index contributed by atoms with van der Waals surface area (Å²) in [5.41, 5.74) is 9.62. The Labute approximate surface area is 280 Å². The number of ketones is 1. The van der Waals surface area contributed by atoms with Gasteiger partial charge in [-0.25, -0.2) is 4.39 Å². The maximum absolute atomic E-state index is 13.5. The Hall–Kier alpha value is -4.68. The molecule has 2 aromatic carbocycles. The average molecular weight is 677 g/mol. The SMILES string of the molecule is COc1ccc(C(=O)/C=C/C(=O)NC2CCC2)cc1F.Cc1sc2c(c1C)C(c1ccc(Cl)cc1)=NC(CC(N)=O)c1nnc(C)n1-2. The third kappa shape index (κ3) is 7.50. The fourth-order valence-corrected chi connectivity index (χ4v) is 6.53. The largest absolute Gasteiger partial charge is 0.494 e. The average Bonchev–Trinajstić information content (AvgIpc) is 3.50. The number of nitrogens with two attached hydrogens (primary N) is 1. The minimum Gasteiger partial charge on any atom is -0.494 e. The summed E-state index contributed by atoms with van der Waals surface area (Å²) in [6, 6.07) is 11.2. The number of hydrogen-bond acceptors (Lipinski definition) is 8. The van der Waals surface area contributed by atoms with E-state index in [1.54, 1.807) is 11.3 Å². The number of aryl methyl sites for hydroxylation is 2. The van der Waals surface area contributed by atoms with Crippen LogP contribution in [0.5, 0.6) is 5.75 Å². The number of ether oxygens (including phenoxy) is 1. The van der Waals surface area contributed by atoms with Gasteiger partial charge in [0.15, 0.2) is 23.2 Å². The number of thiophene rings is 1. The highest BCUT2D eigenvalue weighted by molar-refractivity contribution is 7.15. The number of carbonyl (C=O) groups is 3. The first-order valence-corrected chi connectivity index (χ1v) is 16.2. The zero-order valence-corrected chi connectivity index (χ0v) is 27.9. The zero-order valence-electron chi connectivity index (χ0n) is 26.3. The predicted molar refractivity (Wildman–Crippen MR) is 179 cm³/mol. The van der Waals surface area contributed by atoms with Gasteiger partial charge in [0, 0.05) is 38.7 Å². The van der Waals surface area contributed by atoms with E-state index in [0.717, 1.165) is 64.6 Å². The lowest BCUT2D eigenvalue weighted by atomic mass is 9.93. The molecule has 4 aromatic rings. The van der Waals surface area contributed by atoms with Crippen molar-refractivity contribution in [2.75, 3.05) is 7.11 Å². The Morgan fingerprint density at radius 2 is 1.83 bits per heavy atom. The van der Waals surface area contributed by atoms with Crippen molar-refractivity contribution in [3.8, 4) is 10.8 Å². The summed E-state index contributed by atoms with van der Waals surface area (Å²) >= 11 is 7.74. The van der Waals surface area contributed by atoms with Gasteiger partial charge in [-0.05, 0) is 82.0 Å². The summed E-state index contributed by atoms with van der Waals surface area (Å²) in [6.45, 7) is 6.08. The first-order valence-electron chi connectivity index (χ1n) is 15.0. The molecule has 47 heavy (non-hydrogen) atoms. The minimum absolute atomic E-state index is 0.0716. The molecule has 0 bridgehead atoms. The van der Waals surface area contributed by atoms with Gasteiger partial charge in [-0.3, -0.25) is 23.9 Å². The maximum Gasteiger partial charge on any atom is 0.244 e. The highest BCUT2D eigenvalue weighted by Crippen LogP contribution is 2.39. The van der Waals surface area contributed by atoms with Crippen molar-refractivity contribution in [2.45, 2.75) is 58.5 Å². The number of aliphatic imine (C=N–C) groups is 1. The number of halogens is 2. The number of amides is 2. The third-order valence-electron chi connectivity index (χ3n) is 8.03. The Balaban J connectivity index is 0.000000194. The van der Waals surface area contributed by atoms with E-state index >= 15 is 0 Å². The molecular formula is C34H34ClFN6O4S. The highest BCUT2D eigenvalue weighted by atomic mass is 35.5. The van der Waals surface area contributed by atoms with E-state index in [-0.39, 0.29) is 29.7 Å². The van der Waals surface area contributed by atoms with E-state index in [2.05, 4.69) is 29.4 Å². The molecule has 0 spiro atoms. The molecule has 1 aliphatic heterocycles. The number of rotatable bonds is 8. The second kappa shape index (κ2) is 14.4. The van der Waals surface area contributed by atoms with Gasteiger partial charge in [0.1, 0.15) is 16.9 Å². The molecule has 10 nitrogen and oxygen atoms in total. The Morgan fingerprint density at radius 1 is 1.11 bits per heavy atom. The van der Waals surface area contributed by atoms with E-state index in [9.17, 15) is 18.8 Å². The van der Waals surface area contributed by atoms with Gasteiger partial charge in [0.2, 0.25) is 11.8 Å². The van der Waals surface area contributed by atoms with Crippen LogP contribution in [0.25, 0.3) is 5.00 Å². The van der Waals surface area contributed by atoms with Crippen molar-refractivity contribution >= 4 is 46.2 Å². The van der Waals surface area contributed by atoms with Crippen molar-refractivity contribution in [1.82, 2.24) is 20.1 Å². The molecular weight excluding hydrogens is 643 g/mol. The normalized spacial score (nSPS) is 15.4. The predicted octanol–water partition coefficient (Wildman–Crippen LogP) is 5.92. The summed E-state index contributed by atoms with van der Waals surface area (Å²) in [5, 5.41) is 13.0. The molecule has 1 unspecified atom stereocenters. The molecule has 0 saturated heterocycles. The van der Waals surface area contributed by atoms with Gasteiger partial charge in [-0.15, -0.1) is 21.5 Å². The monoisotopic (exact) mass is 676 g/mol.